The number of anilines is 3. The summed E-state index contributed by atoms with van der Waals surface area (Å²) in [7, 11) is 0. The van der Waals surface area contributed by atoms with Crippen LogP contribution >= 0.6 is 0 Å². The number of fused-ring (bicyclic) bond motifs is 3. The van der Waals surface area contributed by atoms with Crippen LogP contribution in [0.4, 0.5) is 17.5 Å². The third-order valence-electron chi connectivity index (χ3n) is 9.43. The summed E-state index contributed by atoms with van der Waals surface area (Å²) in [6.45, 7) is 3.93. The number of aromatic amines is 3. The fourth-order valence-electron chi connectivity index (χ4n) is 6.50. The molecule has 3 aromatic carbocycles. The van der Waals surface area contributed by atoms with Crippen LogP contribution in [0.1, 0.15) is 46.2 Å². The highest BCUT2D eigenvalue weighted by atomic mass is 16.3. The van der Waals surface area contributed by atoms with E-state index in [1.807, 2.05) is 117 Å². The van der Waals surface area contributed by atoms with Gasteiger partial charge in [0, 0.05) is 11.4 Å². The molecule has 0 saturated carbocycles. The summed E-state index contributed by atoms with van der Waals surface area (Å²) < 4.78 is 0. The van der Waals surface area contributed by atoms with Crippen molar-refractivity contribution in [2.75, 3.05) is 35.8 Å². The van der Waals surface area contributed by atoms with Crippen LogP contribution in [-0.4, -0.2) is 85.0 Å². The molecule has 0 saturated heterocycles. The Balaban J connectivity index is 0.000000134. The van der Waals surface area contributed by atoms with Crippen molar-refractivity contribution in [2.24, 2.45) is 0 Å². The van der Waals surface area contributed by atoms with E-state index in [2.05, 4.69) is 65.8 Å². The van der Waals surface area contributed by atoms with Gasteiger partial charge in [0.1, 0.15) is 47.4 Å². The van der Waals surface area contributed by atoms with E-state index < -0.39 is 0 Å². The lowest BCUT2D eigenvalue weighted by atomic mass is 10.1. The minimum absolute atomic E-state index is 0.00108. The molecule has 9 N–H and O–H groups in total. The van der Waals surface area contributed by atoms with Crippen LogP contribution in [0.2, 0.25) is 0 Å². The van der Waals surface area contributed by atoms with Crippen molar-refractivity contribution >= 4 is 50.7 Å². The average molecular weight is 792 g/mol. The first-order valence-electron chi connectivity index (χ1n) is 19.0. The summed E-state index contributed by atoms with van der Waals surface area (Å²) in [5.41, 5.74) is 8.03. The first-order chi connectivity index (χ1) is 28.9. The van der Waals surface area contributed by atoms with E-state index in [0.717, 1.165) is 67.3 Å². The standard InChI is InChI=1S/2C15H16N4O.C13H13N5O/c2*1-10-7-12-14(18-10)16-9-17-15(12)19-13(8-20)11-5-3-2-4-6-11;19-6-10(9-4-2-1-3-5-9)18-13-11-12(15-7-14-11)16-8-17-13/h2*2-7,9,13,20H,8H2,1H3,(H2,16,17,18,19);1-5,7-8,10,19H,6H2,(H2,14,15,16,17,18)/t2*13-;10-/m100/s1. The first-order valence-corrected chi connectivity index (χ1v) is 19.0. The maximum absolute atomic E-state index is 9.60. The summed E-state index contributed by atoms with van der Waals surface area (Å²) >= 11 is 0. The van der Waals surface area contributed by atoms with Gasteiger partial charge in [0.25, 0.3) is 0 Å². The van der Waals surface area contributed by atoms with Crippen LogP contribution in [-0.2, 0) is 0 Å². The molecular weight excluding hydrogens is 747 g/mol. The molecule has 16 nitrogen and oxygen atoms in total. The normalized spacial score (nSPS) is 12.5. The Hall–Kier alpha value is -7.27. The molecule has 16 heteroatoms. The van der Waals surface area contributed by atoms with Gasteiger partial charge < -0.3 is 46.2 Å². The Kier molecular flexibility index (Phi) is 13.0. The molecule has 9 rings (SSSR count). The van der Waals surface area contributed by atoms with Gasteiger partial charge in [0.05, 0.1) is 55.0 Å². The van der Waals surface area contributed by atoms with Crippen molar-refractivity contribution in [2.45, 2.75) is 32.0 Å². The predicted octanol–water partition coefficient (Wildman–Crippen LogP) is 6.32. The molecule has 300 valence electrons. The number of benzene rings is 3. The van der Waals surface area contributed by atoms with Crippen LogP contribution in [0.15, 0.2) is 128 Å². The topological polar surface area (TPSA) is 234 Å². The Morgan fingerprint density at radius 2 is 0.881 bits per heavy atom. The van der Waals surface area contributed by atoms with Gasteiger partial charge in [-0.1, -0.05) is 91.0 Å². The van der Waals surface area contributed by atoms with E-state index in [-0.39, 0.29) is 37.9 Å². The molecule has 0 unspecified atom stereocenters. The molecule has 0 fully saturated rings. The lowest BCUT2D eigenvalue weighted by molar-refractivity contribution is 0.276. The highest BCUT2D eigenvalue weighted by molar-refractivity contribution is 5.88. The summed E-state index contributed by atoms with van der Waals surface area (Å²) in [5, 5.41) is 40.4. The van der Waals surface area contributed by atoms with E-state index in [0.29, 0.717) is 11.5 Å². The number of nitrogens with one attached hydrogen (secondary N) is 6. The third kappa shape index (κ3) is 9.82. The van der Waals surface area contributed by atoms with Gasteiger partial charge in [-0.25, -0.2) is 34.9 Å². The van der Waals surface area contributed by atoms with Crippen LogP contribution in [0, 0.1) is 13.8 Å². The largest absolute Gasteiger partial charge is 0.394 e. The number of hydrogen-bond acceptors (Lipinski definition) is 13. The van der Waals surface area contributed by atoms with E-state index in [9.17, 15) is 15.3 Å². The van der Waals surface area contributed by atoms with Crippen molar-refractivity contribution in [3.05, 3.63) is 157 Å². The summed E-state index contributed by atoms with van der Waals surface area (Å²) in [6, 6.07) is 32.8. The Morgan fingerprint density at radius 1 is 0.492 bits per heavy atom. The molecule has 0 aliphatic rings. The van der Waals surface area contributed by atoms with Gasteiger partial charge in [-0.2, -0.15) is 0 Å². The van der Waals surface area contributed by atoms with Crippen LogP contribution in [0.25, 0.3) is 33.2 Å². The zero-order valence-corrected chi connectivity index (χ0v) is 32.4. The monoisotopic (exact) mass is 791 g/mol. The highest BCUT2D eigenvalue weighted by Crippen LogP contribution is 2.26. The van der Waals surface area contributed by atoms with Crippen LogP contribution in [0.3, 0.4) is 0 Å². The number of H-pyrrole nitrogens is 3. The average Bonchev–Trinajstić information content (AvgIpc) is 4.03. The molecule has 0 bridgehead atoms. The number of imidazole rings is 1. The van der Waals surface area contributed by atoms with Crippen molar-refractivity contribution in [1.29, 1.82) is 0 Å². The summed E-state index contributed by atoms with van der Waals surface area (Å²) in [5.74, 6) is 2.08. The smallest absolute Gasteiger partial charge is 0.182 e. The summed E-state index contributed by atoms with van der Waals surface area (Å²) in [6.07, 6.45) is 6.05. The number of nitrogens with zero attached hydrogens (tertiary/aromatic N) is 7. The first kappa shape index (κ1) is 39.9. The molecule has 0 radical (unpaired) electrons. The predicted molar refractivity (Wildman–Crippen MR) is 229 cm³/mol. The Bertz CT molecular complexity index is 2550. The fraction of sp³-hybridized carbons (Fsp3) is 0.186. The highest BCUT2D eigenvalue weighted by Gasteiger charge is 2.16. The van der Waals surface area contributed by atoms with Gasteiger partial charge in [-0.15, -0.1) is 0 Å². The number of aromatic nitrogens is 10. The maximum Gasteiger partial charge on any atom is 0.182 e. The van der Waals surface area contributed by atoms with E-state index in [4.69, 9.17) is 0 Å². The molecule has 0 aliphatic carbocycles. The third-order valence-corrected chi connectivity index (χ3v) is 9.43. The Morgan fingerprint density at radius 3 is 1.31 bits per heavy atom. The van der Waals surface area contributed by atoms with Crippen molar-refractivity contribution in [3.63, 3.8) is 0 Å². The Labute approximate surface area is 339 Å². The number of aliphatic hydroxyl groups is 3. The van der Waals surface area contributed by atoms with Crippen LogP contribution in [0.5, 0.6) is 0 Å². The van der Waals surface area contributed by atoms with Gasteiger partial charge in [-0.3, -0.25) is 0 Å². The minimum Gasteiger partial charge on any atom is -0.394 e. The van der Waals surface area contributed by atoms with Gasteiger partial charge in [0.2, 0.25) is 0 Å². The molecule has 9 aromatic rings. The number of hydrogen-bond donors (Lipinski definition) is 9. The quantitative estimate of drug-likeness (QED) is 0.0660. The molecule has 3 atom stereocenters. The molecule has 6 heterocycles. The van der Waals surface area contributed by atoms with E-state index in [1.165, 1.54) is 19.0 Å². The molecule has 0 aliphatic heterocycles. The maximum atomic E-state index is 9.60. The SMILES string of the molecule is Cc1cc2c(N[C@@H](CO)c3ccccc3)ncnc2[nH]1.Cc1cc2c(N[C@H](CO)c3ccccc3)ncnc2[nH]1.OC[C@H](Nc1ncnc2nc[nH]c12)c1ccccc1. The summed E-state index contributed by atoms with van der Waals surface area (Å²) in [4.78, 5) is 38.6. The van der Waals surface area contributed by atoms with Crippen molar-refractivity contribution in [3.8, 4) is 0 Å². The minimum atomic E-state index is -0.220. The lowest BCUT2D eigenvalue weighted by Gasteiger charge is -2.17. The van der Waals surface area contributed by atoms with E-state index in [1.54, 1.807) is 6.33 Å². The van der Waals surface area contributed by atoms with Crippen molar-refractivity contribution in [1.82, 2.24) is 49.8 Å². The lowest BCUT2D eigenvalue weighted by Crippen LogP contribution is -2.15. The second-order valence-electron chi connectivity index (χ2n) is 13.6. The zero-order chi connectivity index (χ0) is 41.0. The second kappa shape index (κ2) is 19.3. The van der Waals surface area contributed by atoms with Gasteiger partial charge in [-0.05, 0) is 42.7 Å². The number of aliphatic hydroxyl groups excluding tert-OH is 3. The number of rotatable bonds is 12. The van der Waals surface area contributed by atoms with Gasteiger partial charge in [0.15, 0.2) is 11.5 Å². The fourth-order valence-corrected chi connectivity index (χ4v) is 6.50. The number of aryl methyl sites for hydroxylation is 2. The van der Waals surface area contributed by atoms with Crippen LogP contribution < -0.4 is 16.0 Å². The second-order valence-corrected chi connectivity index (χ2v) is 13.6. The molecule has 6 aromatic heterocycles. The molecule has 59 heavy (non-hydrogen) atoms. The van der Waals surface area contributed by atoms with Gasteiger partial charge >= 0.3 is 0 Å². The van der Waals surface area contributed by atoms with E-state index >= 15 is 0 Å². The molecule has 0 amide bonds. The van der Waals surface area contributed by atoms with Crippen molar-refractivity contribution < 1.29 is 15.3 Å². The molecular formula is C43H45N13O3. The zero-order valence-electron chi connectivity index (χ0n) is 32.4. The molecule has 0 spiro atoms.